The SMILES string of the molecule is N#Cc1ccc(Nc2cccc3ncccc23)cc1N. The number of nitrogens with two attached hydrogens (primary N) is 1. The summed E-state index contributed by atoms with van der Waals surface area (Å²) in [5.41, 5.74) is 9.51. The molecular formula is C16H12N4. The topological polar surface area (TPSA) is 74.7 Å². The quantitative estimate of drug-likeness (QED) is 0.692. The van der Waals surface area contributed by atoms with E-state index in [0.29, 0.717) is 11.3 Å². The van der Waals surface area contributed by atoms with Gasteiger partial charge in [0.2, 0.25) is 0 Å². The van der Waals surface area contributed by atoms with Crippen LogP contribution in [0.2, 0.25) is 0 Å². The zero-order valence-corrected chi connectivity index (χ0v) is 10.7. The second-order valence-electron chi connectivity index (χ2n) is 4.41. The van der Waals surface area contributed by atoms with Crippen LogP contribution in [0.3, 0.4) is 0 Å². The summed E-state index contributed by atoms with van der Waals surface area (Å²) in [4.78, 5) is 4.32. The maximum Gasteiger partial charge on any atom is 0.101 e. The number of hydrogen-bond acceptors (Lipinski definition) is 4. The van der Waals surface area contributed by atoms with Crippen LogP contribution in [0, 0.1) is 11.3 Å². The van der Waals surface area contributed by atoms with Crippen molar-refractivity contribution < 1.29 is 0 Å². The summed E-state index contributed by atoms with van der Waals surface area (Å²) < 4.78 is 0. The van der Waals surface area contributed by atoms with Crippen molar-refractivity contribution in [3.8, 4) is 6.07 Å². The molecule has 0 aliphatic carbocycles. The molecule has 3 rings (SSSR count). The van der Waals surface area contributed by atoms with Gasteiger partial charge in [0, 0.05) is 23.0 Å². The van der Waals surface area contributed by atoms with E-state index in [1.165, 1.54) is 0 Å². The average Bonchev–Trinajstić information content (AvgIpc) is 2.48. The Morgan fingerprint density at radius 3 is 2.80 bits per heavy atom. The van der Waals surface area contributed by atoms with Gasteiger partial charge in [-0.2, -0.15) is 5.26 Å². The molecule has 0 spiro atoms. The van der Waals surface area contributed by atoms with Crippen molar-refractivity contribution in [2.75, 3.05) is 11.1 Å². The predicted octanol–water partition coefficient (Wildman–Crippen LogP) is 3.43. The molecule has 1 heterocycles. The number of benzene rings is 2. The molecular weight excluding hydrogens is 248 g/mol. The summed E-state index contributed by atoms with van der Waals surface area (Å²) in [6, 6.07) is 17.2. The van der Waals surface area contributed by atoms with E-state index in [9.17, 15) is 0 Å². The number of hydrogen-bond donors (Lipinski definition) is 2. The third-order valence-electron chi connectivity index (χ3n) is 3.10. The van der Waals surface area contributed by atoms with Gasteiger partial charge in [0.15, 0.2) is 0 Å². The van der Waals surface area contributed by atoms with Crippen molar-refractivity contribution in [1.29, 1.82) is 5.26 Å². The number of pyridine rings is 1. The van der Waals surface area contributed by atoms with Gasteiger partial charge < -0.3 is 11.1 Å². The van der Waals surface area contributed by atoms with Crippen LogP contribution >= 0.6 is 0 Å². The fourth-order valence-corrected chi connectivity index (χ4v) is 2.11. The van der Waals surface area contributed by atoms with Gasteiger partial charge >= 0.3 is 0 Å². The minimum atomic E-state index is 0.468. The van der Waals surface area contributed by atoms with Crippen LogP contribution in [0.15, 0.2) is 54.7 Å². The first-order valence-electron chi connectivity index (χ1n) is 6.18. The van der Waals surface area contributed by atoms with Crippen molar-refractivity contribution in [2.24, 2.45) is 0 Å². The smallest absolute Gasteiger partial charge is 0.101 e. The van der Waals surface area contributed by atoms with Gasteiger partial charge in [-0.1, -0.05) is 6.07 Å². The summed E-state index contributed by atoms with van der Waals surface area (Å²) in [5, 5.41) is 13.2. The van der Waals surface area contributed by atoms with Crippen molar-refractivity contribution in [1.82, 2.24) is 4.98 Å². The highest BCUT2D eigenvalue weighted by molar-refractivity contribution is 5.93. The summed E-state index contributed by atoms with van der Waals surface area (Å²) >= 11 is 0. The van der Waals surface area contributed by atoms with Crippen molar-refractivity contribution in [3.05, 3.63) is 60.3 Å². The molecule has 3 aromatic rings. The number of nitrogen functional groups attached to an aromatic ring is 1. The molecule has 2 aromatic carbocycles. The summed E-state index contributed by atoms with van der Waals surface area (Å²) in [7, 11) is 0. The molecule has 96 valence electrons. The minimum Gasteiger partial charge on any atom is -0.398 e. The second-order valence-corrected chi connectivity index (χ2v) is 4.41. The lowest BCUT2D eigenvalue weighted by atomic mass is 10.1. The molecule has 4 heteroatoms. The Morgan fingerprint density at radius 1 is 1.10 bits per heavy atom. The predicted molar refractivity (Wildman–Crippen MR) is 80.6 cm³/mol. The second kappa shape index (κ2) is 4.90. The molecule has 0 fully saturated rings. The van der Waals surface area contributed by atoms with Gasteiger partial charge in [-0.25, -0.2) is 0 Å². The van der Waals surface area contributed by atoms with E-state index in [-0.39, 0.29) is 0 Å². The highest BCUT2D eigenvalue weighted by Crippen LogP contribution is 2.26. The number of anilines is 3. The number of nitriles is 1. The molecule has 0 bridgehead atoms. The summed E-state index contributed by atoms with van der Waals surface area (Å²) in [6.07, 6.45) is 1.77. The fraction of sp³-hybridized carbons (Fsp3) is 0. The van der Waals surface area contributed by atoms with Crippen LogP contribution in [0.25, 0.3) is 10.9 Å². The lowest BCUT2D eigenvalue weighted by Crippen LogP contribution is -1.95. The van der Waals surface area contributed by atoms with E-state index in [2.05, 4.69) is 16.4 Å². The van der Waals surface area contributed by atoms with Crippen LogP contribution in [0.5, 0.6) is 0 Å². The first-order chi connectivity index (χ1) is 9.78. The van der Waals surface area contributed by atoms with Gasteiger partial charge in [0.05, 0.1) is 16.8 Å². The largest absolute Gasteiger partial charge is 0.398 e. The molecule has 1 aromatic heterocycles. The number of fused-ring (bicyclic) bond motifs is 1. The van der Waals surface area contributed by atoms with Gasteiger partial charge in [0.25, 0.3) is 0 Å². The van der Waals surface area contributed by atoms with Crippen LogP contribution in [-0.2, 0) is 0 Å². The molecule has 0 saturated heterocycles. The zero-order valence-electron chi connectivity index (χ0n) is 10.7. The molecule has 0 radical (unpaired) electrons. The van der Waals surface area contributed by atoms with Gasteiger partial charge in [-0.05, 0) is 42.5 Å². The normalized spacial score (nSPS) is 10.2. The lowest BCUT2D eigenvalue weighted by molar-refractivity contribution is 1.41. The van der Waals surface area contributed by atoms with E-state index >= 15 is 0 Å². The van der Waals surface area contributed by atoms with Crippen LogP contribution in [-0.4, -0.2) is 4.98 Å². The standard InChI is InChI=1S/C16H12N4/c17-10-11-6-7-12(9-14(11)18)20-16-5-1-4-15-13(16)3-2-8-19-15/h1-9,20H,18H2. The molecule has 0 aliphatic heterocycles. The third-order valence-corrected chi connectivity index (χ3v) is 3.10. The number of nitrogens with zero attached hydrogens (tertiary/aromatic N) is 2. The van der Waals surface area contributed by atoms with E-state index in [0.717, 1.165) is 22.3 Å². The van der Waals surface area contributed by atoms with Crippen LogP contribution in [0.1, 0.15) is 5.56 Å². The van der Waals surface area contributed by atoms with Gasteiger partial charge in [-0.15, -0.1) is 0 Å². The molecule has 0 atom stereocenters. The van der Waals surface area contributed by atoms with Crippen LogP contribution < -0.4 is 11.1 Å². The van der Waals surface area contributed by atoms with Crippen molar-refractivity contribution >= 4 is 28.0 Å². The Hall–Kier alpha value is -3.06. The minimum absolute atomic E-state index is 0.468. The van der Waals surface area contributed by atoms with Gasteiger partial charge in [-0.3, -0.25) is 4.98 Å². The zero-order chi connectivity index (χ0) is 13.9. The van der Waals surface area contributed by atoms with E-state index < -0.39 is 0 Å². The highest BCUT2D eigenvalue weighted by atomic mass is 14.9. The monoisotopic (exact) mass is 260 g/mol. The molecule has 0 unspecified atom stereocenters. The average molecular weight is 260 g/mol. The Bertz CT molecular complexity index is 813. The number of nitrogens with one attached hydrogen (secondary N) is 1. The van der Waals surface area contributed by atoms with Gasteiger partial charge in [0.1, 0.15) is 6.07 Å². The van der Waals surface area contributed by atoms with E-state index in [1.807, 2.05) is 36.4 Å². The summed E-state index contributed by atoms with van der Waals surface area (Å²) in [5.74, 6) is 0. The van der Waals surface area contributed by atoms with E-state index in [4.69, 9.17) is 11.0 Å². The van der Waals surface area contributed by atoms with E-state index in [1.54, 1.807) is 18.3 Å². The third kappa shape index (κ3) is 2.13. The molecule has 0 saturated carbocycles. The lowest BCUT2D eigenvalue weighted by Gasteiger charge is -2.10. The molecule has 3 N–H and O–H groups in total. The first kappa shape index (κ1) is 12.0. The molecule has 0 amide bonds. The number of rotatable bonds is 2. The Morgan fingerprint density at radius 2 is 2.00 bits per heavy atom. The molecule has 4 nitrogen and oxygen atoms in total. The Balaban J connectivity index is 2.02. The highest BCUT2D eigenvalue weighted by Gasteiger charge is 2.03. The molecule has 0 aliphatic rings. The fourth-order valence-electron chi connectivity index (χ4n) is 2.11. The van der Waals surface area contributed by atoms with Crippen molar-refractivity contribution in [3.63, 3.8) is 0 Å². The maximum atomic E-state index is 8.88. The Labute approximate surface area is 116 Å². The first-order valence-corrected chi connectivity index (χ1v) is 6.18. The number of aromatic nitrogens is 1. The molecule has 20 heavy (non-hydrogen) atoms. The Kier molecular flexibility index (Phi) is 2.94. The van der Waals surface area contributed by atoms with Crippen molar-refractivity contribution in [2.45, 2.75) is 0 Å². The maximum absolute atomic E-state index is 8.88. The summed E-state index contributed by atoms with van der Waals surface area (Å²) in [6.45, 7) is 0. The van der Waals surface area contributed by atoms with Crippen LogP contribution in [0.4, 0.5) is 17.1 Å².